The Hall–Kier alpha value is -0.650. The number of hydrogen-bond donors (Lipinski definition) is 1. The molecule has 1 aromatic rings. The molecule has 19 heavy (non-hydrogen) atoms. The van der Waals surface area contributed by atoms with Crippen molar-refractivity contribution in [1.29, 1.82) is 0 Å². The summed E-state index contributed by atoms with van der Waals surface area (Å²) < 4.78 is 5.66. The molecule has 0 spiro atoms. The lowest BCUT2D eigenvalue weighted by molar-refractivity contribution is 0.131. The van der Waals surface area contributed by atoms with E-state index in [1.54, 1.807) is 11.3 Å². The van der Waals surface area contributed by atoms with Crippen LogP contribution >= 0.6 is 11.3 Å². The van der Waals surface area contributed by atoms with Crippen molar-refractivity contribution < 1.29 is 4.74 Å². The van der Waals surface area contributed by atoms with Gasteiger partial charge in [-0.2, -0.15) is 0 Å². The summed E-state index contributed by atoms with van der Waals surface area (Å²) in [5.41, 5.74) is 0. The first-order valence-corrected chi connectivity index (χ1v) is 7.93. The minimum Gasteiger partial charge on any atom is -0.379 e. The van der Waals surface area contributed by atoms with Gasteiger partial charge in [-0.1, -0.05) is 13.8 Å². The fraction of sp³-hybridized carbons (Fsp3) is 0.786. The van der Waals surface area contributed by atoms with Gasteiger partial charge in [0.05, 0.1) is 6.61 Å². The van der Waals surface area contributed by atoms with Crippen LogP contribution in [0.15, 0.2) is 6.20 Å². The standard InChI is InChI=1S/C14H25N3OS/c1-11(2)15-8-13-9-16-14(19-13)17(3)6-7-18-10-12-4-5-12/h9,11-12,15H,4-8,10H2,1-3H3. The van der Waals surface area contributed by atoms with Gasteiger partial charge in [0.15, 0.2) is 5.13 Å². The molecule has 4 nitrogen and oxygen atoms in total. The molecule has 0 aliphatic heterocycles. The first-order chi connectivity index (χ1) is 9.15. The molecule has 2 rings (SSSR count). The zero-order valence-electron chi connectivity index (χ0n) is 12.2. The highest BCUT2D eigenvalue weighted by molar-refractivity contribution is 7.15. The average Bonchev–Trinajstić information content (AvgIpc) is 3.07. The molecule has 0 bridgehead atoms. The van der Waals surface area contributed by atoms with E-state index in [1.165, 1.54) is 17.7 Å². The molecule has 1 aromatic heterocycles. The van der Waals surface area contributed by atoms with Crippen LogP contribution in [0, 0.1) is 5.92 Å². The van der Waals surface area contributed by atoms with Gasteiger partial charge in [-0.05, 0) is 18.8 Å². The number of nitrogens with zero attached hydrogens (tertiary/aromatic N) is 2. The number of nitrogens with one attached hydrogen (secondary N) is 1. The summed E-state index contributed by atoms with van der Waals surface area (Å²) in [7, 11) is 2.08. The van der Waals surface area contributed by atoms with Crippen molar-refractivity contribution in [3.63, 3.8) is 0 Å². The summed E-state index contributed by atoms with van der Waals surface area (Å²) in [5.74, 6) is 0.846. The lowest BCUT2D eigenvalue weighted by atomic mass is 10.4. The number of thiazole rings is 1. The van der Waals surface area contributed by atoms with E-state index < -0.39 is 0 Å². The lowest BCUT2D eigenvalue weighted by Crippen LogP contribution is -2.22. The number of anilines is 1. The van der Waals surface area contributed by atoms with Gasteiger partial charge in [-0.3, -0.25) is 0 Å². The Morgan fingerprint density at radius 1 is 1.53 bits per heavy atom. The maximum Gasteiger partial charge on any atom is 0.185 e. The SMILES string of the molecule is CC(C)NCc1cnc(N(C)CCOCC2CC2)s1. The molecule has 1 saturated carbocycles. The molecule has 108 valence electrons. The average molecular weight is 283 g/mol. The number of aromatic nitrogens is 1. The minimum absolute atomic E-state index is 0.513. The normalized spacial score (nSPS) is 15.2. The Kier molecular flexibility index (Phi) is 5.60. The van der Waals surface area contributed by atoms with Crippen LogP contribution in [0.4, 0.5) is 5.13 Å². The van der Waals surface area contributed by atoms with E-state index in [0.717, 1.165) is 37.4 Å². The number of ether oxygens (including phenoxy) is 1. The van der Waals surface area contributed by atoms with Crippen LogP contribution in [0.5, 0.6) is 0 Å². The summed E-state index contributed by atoms with van der Waals surface area (Å²) >= 11 is 1.76. The van der Waals surface area contributed by atoms with E-state index in [9.17, 15) is 0 Å². The molecule has 0 radical (unpaired) electrons. The third-order valence-electron chi connectivity index (χ3n) is 3.17. The van der Waals surface area contributed by atoms with Crippen molar-refractivity contribution in [1.82, 2.24) is 10.3 Å². The molecule has 0 atom stereocenters. The van der Waals surface area contributed by atoms with Crippen LogP contribution in [0.2, 0.25) is 0 Å². The molecular formula is C14H25N3OS. The molecule has 1 heterocycles. The second kappa shape index (κ2) is 7.22. The Morgan fingerprint density at radius 3 is 3.00 bits per heavy atom. The predicted octanol–water partition coefficient (Wildman–Crippen LogP) is 2.50. The zero-order chi connectivity index (χ0) is 13.7. The third-order valence-corrected chi connectivity index (χ3v) is 4.29. The quantitative estimate of drug-likeness (QED) is 0.707. The molecule has 1 fully saturated rings. The molecule has 0 aromatic carbocycles. The van der Waals surface area contributed by atoms with E-state index in [4.69, 9.17) is 4.74 Å². The van der Waals surface area contributed by atoms with Gasteiger partial charge in [0, 0.05) is 43.9 Å². The fourth-order valence-corrected chi connectivity index (χ4v) is 2.54. The topological polar surface area (TPSA) is 37.4 Å². The molecule has 0 amide bonds. The maximum atomic E-state index is 5.66. The van der Waals surface area contributed by atoms with Gasteiger partial charge in [0.2, 0.25) is 0 Å². The first kappa shape index (κ1) is 14.8. The van der Waals surface area contributed by atoms with Crippen molar-refractivity contribution >= 4 is 16.5 Å². The smallest absolute Gasteiger partial charge is 0.185 e. The van der Waals surface area contributed by atoms with Crippen LogP contribution < -0.4 is 10.2 Å². The van der Waals surface area contributed by atoms with Crippen molar-refractivity contribution in [2.75, 3.05) is 31.7 Å². The van der Waals surface area contributed by atoms with Crippen molar-refractivity contribution in [2.45, 2.75) is 39.3 Å². The van der Waals surface area contributed by atoms with Gasteiger partial charge in [0.1, 0.15) is 0 Å². The van der Waals surface area contributed by atoms with Gasteiger partial charge >= 0.3 is 0 Å². The molecule has 0 saturated heterocycles. The first-order valence-electron chi connectivity index (χ1n) is 7.12. The molecule has 1 N–H and O–H groups in total. The second-order valence-corrected chi connectivity index (χ2v) is 6.68. The van der Waals surface area contributed by atoms with Gasteiger partial charge in [-0.25, -0.2) is 4.98 Å². The molecule has 1 aliphatic rings. The summed E-state index contributed by atoms with van der Waals surface area (Å²) in [6.45, 7) is 7.87. The summed E-state index contributed by atoms with van der Waals surface area (Å²) in [6, 6.07) is 0.513. The van der Waals surface area contributed by atoms with Crippen molar-refractivity contribution in [2.24, 2.45) is 5.92 Å². The number of hydrogen-bond acceptors (Lipinski definition) is 5. The van der Waals surface area contributed by atoms with Crippen LogP contribution in [0.25, 0.3) is 0 Å². The van der Waals surface area contributed by atoms with Crippen LogP contribution in [-0.2, 0) is 11.3 Å². The Labute approximate surface area is 120 Å². The molecule has 1 aliphatic carbocycles. The summed E-state index contributed by atoms with van der Waals surface area (Å²) in [6.07, 6.45) is 4.68. The van der Waals surface area contributed by atoms with Crippen molar-refractivity contribution in [3.8, 4) is 0 Å². The highest BCUT2D eigenvalue weighted by atomic mass is 32.1. The highest BCUT2D eigenvalue weighted by Crippen LogP contribution is 2.28. The van der Waals surface area contributed by atoms with E-state index in [2.05, 4.69) is 36.1 Å². The third kappa shape index (κ3) is 5.47. The second-order valence-electron chi connectivity index (χ2n) is 5.58. The Morgan fingerprint density at radius 2 is 2.32 bits per heavy atom. The van der Waals surface area contributed by atoms with Crippen LogP contribution in [0.1, 0.15) is 31.6 Å². The van der Waals surface area contributed by atoms with E-state index in [0.29, 0.717) is 6.04 Å². The Balaban J connectivity index is 1.67. The molecule has 5 heteroatoms. The van der Waals surface area contributed by atoms with E-state index in [-0.39, 0.29) is 0 Å². The summed E-state index contributed by atoms with van der Waals surface area (Å²) in [5, 5.41) is 4.49. The summed E-state index contributed by atoms with van der Waals surface area (Å²) in [4.78, 5) is 7.93. The predicted molar refractivity (Wildman–Crippen MR) is 80.9 cm³/mol. The van der Waals surface area contributed by atoms with Crippen LogP contribution in [-0.4, -0.2) is 37.8 Å². The Bertz CT molecular complexity index is 377. The van der Waals surface area contributed by atoms with Gasteiger partial charge < -0.3 is 15.0 Å². The van der Waals surface area contributed by atoms with Gasteiger partial charge in [0.25, 0.3) is 0 Å². The lowest BCUT2D eigenvalue weighted by Gasteiger charge is -2.15. The zero-order valence-corrected chi connectivity index (χ0v) is 13.0. The molecular weight excluding hydrogens is 258 g/mol. The van der Waals surface area contributed by atoms with E-state index in [1.807, 2.05) is 6.20 Å². The fourth-order valence-electron chi connectivity index (χ4n) is 1.69. The van der Waals surface area contributed by atoms with Crippen molar-refractivity contribution in [3.05, 3.63) is 11.1 Å². The van der Waals surface area contributed by atoms with Gasteiger partial charge in [-0.15, -0.1) is 11.3 Å². The monoisotopic (exact) mass is 283 g/mol. The number of likely N-dealkylation sites (N-methyl/N-ethyl adjacent to an activating group) is 1. The van der Waals surface area contributed by atoms with Crippen LogP contribution in [0.3, 0.4) is 0 Å². The highest BCUT2D eigenvalue weighted by Gasteiger charge is 2.21. The maximum absolute atomic E-state index is 5.66. The van der Waals surface area contributed by atoms with E-state index >= 15 is 0 Å². The number of rotatable bonds is 9. The molecule has 0 unspecified atom stereocenters. The largest absolute Gasteiger partial charge is 0.379 e. The minimum atomic E-state index is 0.513.